The molecule has 0 spiro atoms. The molecule has 0 unspecified atom stereocenters. The van der Waals surface area contributed by atoms with E-state index in [1.807, 2.05) is 18.2 Å². The van der Waals surface area contributed by atoms with Crippen LogP contribution in [-0.2, 0) is 6.42 Å². The molecule has 2 N–H and O–H groups in total. The number of tetrazole rings is 1. The van der Waals surface area contributed by atoms with Crippen molar-refractivity contribution >= 4 is 22.9 Å². The molecule has 0 fully saturated rings. The predicted octanol–water partition coefficient (Wildman–Crippen LogP) is 1.42. The zero-order chi connectivity index (χ0) is 15.4. The minimum Gasteiger partial charge on any atom is -0.504 e. The second-order valence-electron chi connectivity index (χ2n) is 4.25. The molecule has 0 saturated heterocycles. The monoisotopic (exact) mass is 314 g/mol. The number of rotatable bonds is 5. The zero-order valence-electron chi connectivity index (χ0n) is 11.2. The summed E-state index contributed by atoms with van der Waals surface area (Å²) >= 11 is 1.36. The number of hydrogen-bond acceptors (Lipinski definition) is 8. The summed E-state index contributed by atoms with van der Waals surface area (Å²) in [5.74, 6) is -0.832. The van der Waals surface area contributed by atoms with Crippen LogP contribution in [0.15, 0.2) is 35.9 Å². The Bertz CT molecular complexity index is 797. The second kappa shape index (κ2) is 6.22. The van der Waals surface area contributed by atoms with Gasteiger partial charge in [-0.15, -0.1) is 21.5 Å². The van der Waals surface area contributed by atoms with Gasteiger partial charge in [-0.05, 0) is 17.3 Å². The number of aromatic amines is 1. The van der Waals surface area contributed by atoms with Crippen molar-refractivity contribution in [3.8, 4) is 0 Å². The Labute approximate surface area is 128 Å². The van der Waals surface area contributed by atoms with Gasteiger partial charge in [0.1, 0.15) is 5.69 Å². The molecule has 0 bridgehead atoms. The van der Waals surface area contributed by atoms with E-state index in [1.54, 1.807) is 11.6 Å². The van der Waals surface area contributed by atoms with Crippen LogP contribution in [0.1, 0.15) is 27.0 Å². The van der Waals surface area contributed by atoms with Crippen molar-refractivity contribution in [2.24, 2.45) is 0 Å². The van der Waals surface area contributed by atoms with E-state index in [9.17, 15) is 9.90 Å². The van der Waals surface area contributed by atoms with Crippen molar-refractivity contribution in [2.45, 2.75) is 6.42 Å². The maximum atomic E-state index is 12.0. The first-order chi connectivity index (χ1) is 10.7. The van der Waals surface area contributed by atoms with Crippen molar-refractivity contribution in [1.82, 2.24) is 30.6 Å². The zero-order valence-corrected chi connectivity index (χ0v) is 12.0. The molecule has 3 aromatic rings. The topological polar surface area (TPSA) is 118 Å². The van der Waals surface area contributed by atoms with E-state index in [0.29, 0.717) is 6.42 Å². The number of carbonyl (C=O) groups is 1. The molecule has 0 aliphatic heterocycles. The predicted molar refractivity (Wildman–Crippen MR) is 78.3 cm³/mol. The molecule has 0 radical (unpaired) electrons. The number of pyridine rings is 1. The Morgan fingerprint density at radius 3 is 3.05 bits per heavy atom. The smallest absolute Gasteiger partial charge is 0.239 e. The quantitative estimate of drug-likeness (QED) is 0.415. The highest BCUT2D eigenvalue weighted by Gasteiger charge is 2.13. The number of nitrogens with one attached hydrogen (secondary N) is 1. The third kappa shape index (κ3) is 3.20. The van der Waals surface area contributed by atoms with Crippen molar-refractivity contribution < 1.29 is 9.90 Å². The highest BCUT2D eigenvalue weighted by molar-refractivity contribution is 7.09. The molecule has 8 nitrogen and oxygen atoms in total. The van der Waals surface area contributed by atoms with Gasteiger partial charge < -0.3 is 5.11 Å². The van der Waals surface area contributed by atoms with Gasteiger partial charge in [-0.3, -0.25) is 9.78 Å². The fraction of sp³-hybridized carbons (Fsp3) is 0.0769. The van der Waals surface area contributed by atoms with Crippen molar-refractivity contribution in [2.75, 3.05) is 0 Å². The van der Waals surface area contributed by atoms with Crippen LogP contribution in [0.4, 0.5) is 0 Å². The van der Waals surface area contributed by atoms with Gasteiger partial charge >= 0.3 is 0 Å². The number of hydrogen-bond donors (Lipinski definition) is 2. The molecule has 0 aromatic carbocycles. The Balaban J connectivity index is 1.73. The van der Waals surface area contributed by atoms with Crippen LogP contribution in [0.25, 0.3) is 5.76 Å². The minimum atomic E-state index is -0.425. The number of ketones is 1. The van der Waals surface area contributed by atoms with Crippen LogP contribution in [0.5, 0.6) is 0 Å². The fourth-order valence-corrected chi connectivity index (χ4v) is 2.49. The van der Waals surface area contributed by atoms with Crippen LogP contribution < -0.4 is 0 Å². The molecule has 0 atom stereocenters. The molecule has 0 aliphatic carbocycles. The van der Waals surface area contributed by atoms with Gasteiger partial charge in [-0.1, -0.05) is 6.07 Å². The molecule has 0 aliphatic rings. The number of aromatic nitrogens is 6. The third-order valence-electron chi connectivity index (χ3n) is 2.70. The Hall–Kier alpha value is -2.94. The Kier molecular flexibility index (Phi) is 3.97. The maximum Gasteiger partial charge on any atom is 0.239 e. The molecule has 0 amide bonds. The summed E-state index contributed by atoms with van der Waals surface area (Å²) in [6.45, 7) is 0. The van der Waals surface area contributed by atoms with Crippen LogP contribution in [0.2, 0.25) is 0 Å². The number of allylic oxidation sites excluding steroid dienone is 1. The van der Waals surface area contributed by atoms with E-state index >= 15 is 0 Å². The molecule has 22 heavy (non-hydrogen) atoms. The summed E-state index contributed by atoms with van der Waals surface area (Å²) in [5, 5.41) is 24.8. The van der Waals surface area contributed by atoms with Gasteiger partial charge in [0.25, 0.3) is 0 Å². The average molecular weight is 314 g/mol. The Morgan fingerprint density at radius 2 is 2.32 bits per heavy atom. The first-order valence-electron chi connectivity index (χ1n) is 6.25. The lowest BCUT2D eigenvalue weighted by atomic mass is 10.2. The SMILES string of the molecule is O=C(C=C(O)c1nn[nH]n1)c1csc(Cc2ccccn2)n1. The summed E-state index contributed by atoms with van der Waals surface area (Å²) in [5.41, 5.74) is 1.13. The van der Waals surface area contributed by atoms with Gasteiger partial charge in [-0.2, -0.15) is 5.21 Å². The van der Waals surface area contributed by atoms with Gasteiger partial charge in [0.05, 0.1) is 5.01 Å². The Morgan fingerprint density at radius 1 is 1.41 bits per heavy atom. The van der Waals surface area contributed by atoms with E-state index in [-0.39, 0.29) is 17.3 Å². The number of H-pyrrole nitrogens is 1. The van der Waals surface area contributed by atoms with Crippen LogP contribution >= 0.6 is 11.3 Å². The van der Waals surface area contributed by atoms with Crippen molar-refractivity contribution in [3.05, 3.63) is 58.1 Å². The molecular weight excluding hydrogens is 304 g/mol. The molecule has 9 heteroatoms. The first kappa shape index (κ1) is 14.0. The van der Waals surface area contributed by atoms with Crippen molar-refractivity contribution in [1.29, 1.82) is 0 Å². The molecular formula is C13H10N6O2S. The molecule has 3 aromatic heterocycles. The van der Waals surface area contributed by atoms with Gasteiger partial charge in [0.2, 0.25) is 11.6 Å². The minimum absolute atomic E-state index is 0.0442. The second-order valence-corrected chi connectivity index (χ2v) is 5.20. The lowest BCUT2D eigenvalue weighted by Crippen LogP contribution is -1.99. The summed E-state index contributed by atoms with van der Waals surface area (Å²) in [4.78, 5) is 20.5. The number of nitrogens with zero attached hydrogens (tertiary/aromatic N) is 5. The van der Waals surface area contributed by atoms with E-state index in [4.69, 9.17) is 0 Å². The number of aliphatic hydroxyl groups is 1. The first-order valence-corrected chi connectivity index (χ1v) is 7.13. The molecule has 3 rings (SSSR count). The average Bonchev–Trinajstić information content (AvgIpc) is 3.19. The molecule has 0 saturated carbocycles. The lowest BCUT2D eigenvalue weighted by molar-refractivity contribution is 0.104. The van der Waals surface area contributed by atoms with Gasteiger partial charge in [0.15, 0.2) is 5.76 Å². The van der Waals surface area contributed by atoms with E-state index in [2.05, 4.69) is 30.6 Å². The lowest BCUT2D eigenvalue weighted by Gasteiger charge is -1.95. The maximum absolute atomic E-state index is 12.0. The normalized spacial score (nSPS) is 11.5. The van der Waals surface area contributed by atoms with Gasteiger partial charge in [0, 0.05) is 29.8 Å². The number of aliphatic hydroxyl groups excluding tert-OH is 1. The highest BCUT2D eigenvalue weighted by Crippen LogP contribution is 2.15. The summed E-state index contributed by atoms with van der Waals surface area (Å²) in [7, 11) is 0. The van der Waals surface area contributed by atoms with Crippen LogP contribution in [-0.4, -0.2) is 41.5 Å². The van der Waals surface area contributed by atoms with Gasteiger partial charge in [-0.25, -0.2) is 4.98 Å². The number of carbonyl (C=O) groups excluding carboxylic acids is 1. The molecule has 3 heterocycles. The summed E-state index contributed by atoms with van der Waals surface area (Å²) < 4.78 is 0. The molecule has 110 valence electrons. The summed E-state index contributed by atoms with van der Waals surface area (Å²) in [6.07, 6.45) is 3.28. The highest BCUT2D eigenvalue weighted by atomic mass is 32.1. The fourth-order valence-electron chi connectivity index (χ4n) is 1.70. The van der Waals surface area contributed by atoms with E-state index in [1.165, 1.54) is 11.3 Å². The third-order valence-corrected chi connectivity index (χ3v) is 3.55. The standard InChI is InChI=1S/C13H10N6O2S/c20-10(6-11(21)13-16-18-19-17-13)9-7-22-12(15-9)5-8-3-1-2-4-14-8/h1-4,6-7,21H,5H2,(H,16,17,18,19). The number of thiazole rings is 1. The van der Waals surface area contributed by atoms with E-state index < -0.39 is 5.78 Å². The van der Waals surface area contributed by atoms with E-state index in [0.717, 1.165) is 16.8 Å². The largest absolute Gasteiger partial charge is 0.504 e. The van der Waals surface area contributed by atoms with Crippen molar-refractivity contribution in [3.63, 3.8) is 0 Å². The van der Waals surface area contributed by atoms with Crippen LogP contribution in [0, 0.1) is 0 Å². The summed E-state index contributed by atoms with van der Waals surface area (Å²) in [6, 6.07) is 5.63. The van der Waals surface area contributed by atoms with Crippen LogP contribution in [0.3, 0.4) is 0 Å².